The fraction of sp³-hybridized carbons (Fsp3) is 0.444. The Morgan fingerprint density at radius 1 is 1.32 bits per heavy atom. The van der Waals surface area contributed by atoms with Crippen molar-refractivity contribution in [2.75, 3.05) is 26.9 Å². The molecule has 1 heterocycles. The third-order valence-corrected chi connectivity index (χ3v) is 4.98. The number of hydroxylamine groups is 2. The highest BCUT2D eigenvalue weighted by atomic mass is 32.2. The van der Waals surface area contributed by atoms with E-state index in [2.05, 4.69) is 16.9 Å². The molecule has 0 aliphatic carbocycles. The third-order valence-electron chi connectivity index (χ3n) is 3.82. The number of rotatable bonds is 6. The van der Waals surface area contributed by atoms with E-state index in [4.69, 9.17) is 22.8 Å². The highest BCUT2D eigenvalue weighted by Gasteiger charge is 2.10. The standard InChI is InChI=1S/C18H28N4OS2/c1-8-15(25-7)17(23-22(5)6)20-10-9-14(19)16-12(3)11(2)13(4)21-18(16)24/h8-9H,10,19H2,1-7H3,(H,21,24)/b14-9-,15-8-,20-17?. The summed E-state index contributed by atoms with van der Waals surface area (Å²) in [6.07, 6.45) is 5.84. The SMILES string of the molecule is C/C=C(\SC)C(=NC/C=C(\N)c1c(C)c(C)c(C)[nH]c1=S)ON(C)C. The average molecular weight is 381 g/mol. The second-order valence-corrected chi connectivity index (χ2v) is 7.03. The van der Waals surface area contributed by atoms with Crippen LogP contribution in [-0.4, -0.2) is 42.8 Å². The van der Waals surface area contributed by atoms with Crippen molar-refractivity contribution < 1.29 is 4.84 Å². The quantitative estimate of drug-likeness (QED) is 0.336. The highest BCUT2D eigenvalue weighted by molar-refractivity contribution is 8.03. The molecule has 1 aromatic heterocycles. The molecule has 0 fully saturated rings. The first kappa shape index (κ1) is 21.5. The van der Waals surface area contributed by atoms with Gasteiger partial charge in [-0.1, -0.05) is 18.3 Å². The van der Waals surface area contributed by atoms with Crippen molar-refractivity contribution in [2.24, 2.45) is 10.7 Å². The highest BCUT2D eigenvalue weighted by Crippen LogP contribution is 2.21. The molecule has 138 valence electrons. The van der Waals surface area contributed by atoms with Gasteiger partial charge in [-0.05, 0) is 51.2 Å². The van der Waals surface area contributed by atoms with Crippen molar-refractivity contribution in [2.45, 2.75) is 27.7 Å². The minimum absolute atomic E-state index is 0.411. The van der Waals surface area contributed by atoms with E-state index in [1.165, 1.54) is 5.56 Å². The molecule has 5 nitrogen and oxygen atoms in total. The first-order valence-electron chi connectivity index (χ1n) is 7.99. The van der Waals surface area contributed by atoms with Gasteiger partial charge < -0.3 is 15.6 Å². The van der Waals surface area contributed by atoms with E-state index in [0.29, 0.717) is 22.8 Å². The van der Waals surface area contributed by atoms with Gasteiger partial charge in [0.05, 0.1) is 11.4 Å². The van der Waals surface area contributed by atoms with Crippen molar-refractivity contribution >= 4 is 35.6 Å². The summed E-state index contributed by atoms with van der Waals surface area (Å²) < 4.78 is 0.654. The Labute approximate surface area is 160 Å². The predicted octanol–water partition coefficient (Wildman–Crippen LogP) is 4.13. The zero-order valence-electron chi connectivity index (χ0n) is 16.1. The molecule has 0 saturated heterocycles. The van der Waals surface area contributed by atoms with Crippen molar-refractivity contribution in [3.8, 4) is 0 Å². The van der Waals surface area contributed by atoms with Crippen molar-refractivity contribution in [1.82, 2.24) is 10.0 Å². The van der Waals surface area contributed by atoms with Gasteiger partial charge in [-0.2, -0.15) is 0 Å². The van der Waals surface area contributed by atoms with Crippen LogP contribution >= 0.6 is 24.0 Å². The third kappa shape index (κ3) is 5.73. The van der Waals surface area contributed by atoms with Crippen LogP contribution in [0.4, 0.5) is 0 Å². The lowest BCUT2D eigenvalue weighted by Gasteiger charge is -2.15. The summed E-state index contributed by atoms with van der Waals surface area (Å²) in [5, 5.41) is 1.62. The Kier molecular flexibility index (Phi) is 8.41. The number of nitrogens with one attached hydrogen (secondary N) is 1. The summed E-state index contributed by atoms with van der Waals surface area (Å²) >= 11 is 7.03. The number of thioether (sulfide) groups is 1. The van der Waals surface area contributed by atoms with Gasteiger partial charge >= 0.3 is 0 Å². The summed E-state index contributed by atoms with van der Waals surface area (Å²) in [6.45, 7) is 8.48. The molecule has 0 spiro atoms. The van der Waals surface area contributed by atoms with Gasteiger partial charge in [0.2, 0.25) is 5.90 Å². The molecule has 25 heavy (non-hydrogen) atoms. The van der Waals surface area contributed by atoms with E-state index < -0.39 is 0 Å². The number of allylic oxidation sites excluding steroid dienone is 1. The van der Waals surface area contributed by atoms with Crippen LogP contribution in [0.1, 0.15) is 29.3 Å². The van der Waals surface area contributed by atoms with E-state index in [-0.39, 0.29) is 0 Å². The van der Waals surface area contributed by atoms with Crippen LogP contribution in [0.25, 0.3) is 5.70 Å². The van der Waals surface area contributed by atoms with Gasteiger partial charge in [0, 0.05) is 31.0 Å². The molecule has 1 rings (SSSR count). The fourth-order valence-electron chi connectivity index (χ4n) is 2.30. The molecular formula is C18H28N4OS2. The van der Waals surface area contributed by atoms with E-state index in [1.54, 1.807) is 16.8 Å². The number of aryl methyl sites for hydroxylation is 1. The Morgan fingerprint density at radius 3 is 2.48 bits per heavy atom. The van der Waals surface area contributed by atoms with Crippen LogP contribution in [0, 0.1) is 25.4 Å². The summed E-state index contributed by atoms with van der Waals surface area (Å²) in [5.74, 6) is 0.575. The molecule has 0 radical (unpaired) electrons. The number of nitrogens with two attached hydrogens (primary N) is 1. The molecule has 0 atom stereocenters. The summed E-state index contributed by atoms with van der Waals surface area (Å²) in [7, 11) is 3.65. The minimum atomic E-state index is 0.411. The van der Waals surface area contributed by atoms with E-state index in [0.717, 1.165) is 21.7 Å². The van der Waals surface area contributed by atoms with Gasteiger partial charge in [0.15, 0.2) is 0 Å². The summed E-state index contributed by atoms with van der Waals surface area (Å²) in [6, 6.07) is 0. The predicted molar refractivity (Wildman–Crippen MR) is 112 cm³/mol. The molecule has 0 amide bonds. The van der Waals surface area contributed by atoms with Crippen LogP contribution < -0.4 is 5.73 Å². The minimum Gasteiger partial charge on any atom is -0.398 e. The number of H-pyrrole nitrogens is 1. The number of nitrogens with zero attached hydrogens (tertiary/aromatic N) is 2. The van der Waals surface area contributed by atoms with Gasteiger partial charge in [-0.3, -0.25) is 0 Å². The Hall–Kier alpha value is -1.57. The second kappa shape index (κ2) is 9.79. The number of hydrogen-bond acceptors (Lipinski definition) is 6. The second-order valence-electron chi connectivity index (χ2n) is 5.77. The number of pyridine rings is 1. The molecular weight excluding hydrogens is 352 g/mol. The molecule has 3 N–H and O–H groups in total. The topological polar surface area (TPSA) is 66.6 Å². The molecule has 0 unspecified atom stereocenters. The number of hydrogen-bond donors (Lipinski definition) is 2. The van der Waals surface area contributed by atoms with Gasteiger partial charge in [-0.15, -0.1) is 16.8 Å². The van der Waals surface area contributed by atoms with E-state index >= 15 is 0 Å². The molecule has 1 aromatic rings. The zero-order valence-corrected chi connectivity index (χ0v) is 17.7. The normalized spacial score (nSPS) is 13.5. The zero-order chi connectivity index (χ0) is 19.1. The molecule has 0 bridgehead atoms. The Balaban J connectivity index is 3.15. The maximum Gasteiger partial charge on any atom is 0.247 e. The maximum absolute atomic E-state index is 6.28. The Bertz CT molecular complexity index is 761. The number of aliphatic imine (C=N–C) groups is 1. The van der Waals surface area contributed by atoms with Crippen LogP contribution in [0.15, 0.2) is 22.0 Å². The van der Waals surface area contributed by atoms with Crippen LogP contribution in [0.3, 0.4) is 0 Å². The van der Waals surface area contributed by atoms with Gasteiger partial charge in [0.1, 0.15) is 4.64 Å². The lowest BCUT2D eigenvalue weighted by atomic mass is 10.0. The van der Waals surface area contributed by atoms with Crippen molar-refractivity contribution in [1.29, 1.82) is 0 Å². The largest absolute Gasteiger partial charge is 0.398 e. The van der Waals surface area contributed by atoms with Crippen LogP contribution in [0.2, 0.25) is 0 Å². The smallest absolute Gasteiger partial charge is 0.247 e. The molecule has 0 saturated carbocycles. The molecule has 0 aliphatic rings. The van der Waals surface area contributed by atoms with Crippen LogP contribution in [-0.2, 0) is 4.84 Å². The lowest BCUT2D eigenvalue weighted by molar-refractivity contribution is -0.0179. The summed E-state index contributed by atoms with van der Waals surface area (Å²) in [4.78, 5) is 14.4. The monoisotopic (exact) mass is 380 g/mol. The number of aromatic nitrogens is 1. The van der Waals surface area contributed by atoms with Crippen molar-refractivity contribution in [3.63, 3.8) is 0 Å². The van der Waals surface area contributed by atoms with E-state index in [1.807, 2.05) is 53.3 Å². The van der Waals surface area contributed by atoms with Crippen LogP contribution in [0.5, 0.6) is 0 Å². The first-order valence-corrected chi connectivity index (χ1v) is 9.62. The lowest BCUT2D eigenvalue weighted by Crippen LogP contribution is -2.19. The maximum atomic E-state index is 6.28. The number of aromatic amines is 1. The fourth-order valence-corrected chi connectivity index (χ4v) is 3.23. The van der Waals surface area contributed by atoms with Gasteiger partial charge in [-0.25, -0.2) is 4.99 Å². The molecule has 0 aromatic carbocycles. The van der Waals surface area contributed by atoms with E-state index in [9.17, 15) is 0 Å². The molecule has 7 heteroatoms. The molecule has 0 aliphatic heterocycles. The van der Waals surface area contributed by atoms with Gasteiger partial charge in [0.25, 0.3) is 0 Å². The first-order chi connectivity index (χ1) is 11.7. The average Bonchev–Trinajstić information content (AvgIpc) is 2.53. The summed E-state index contributed by atoms with van der Waals surface area (Å²) in [5.41, 5.74) is 11.1. The Morgan fingerprint density at radius 2 is 1.96 bits per heavy atom. The van der Waals surface area contributed by atoms with Crippen molar-refractivity contribution in [3.05, 3.63) is 44.1 Å².